The van der Waals surface area contributed by atoms with Crippen LogP contribution in [0.3, 0.4) is 0 Å². The van der Waals surface area contributed by atoms with Crippen LogP contribution < -0.4 is 0 Å². The number of allylic oxidation sites excluding steroid dienone is 13. The highest BCUT2D eigenvalue weighted by molar-refractivity contribution is 6.30. The standard InChI is InChI=1S/C45H34N4.C5H8.C4H8/c1-45(44-46-37(30-12-5-2-6-13-30)29-38(47-44)31-14-7-3-8-15-31)25-22-35(23-26-45)49-39-19-11-16-32-20-21-36-42(41(32)39)40(49)28-33-24-27-48(43(33)36)34-17-9-4-10-18-34;1-3-5-4-2;1-3-4-2/h2-3,5-9,11-25,27-29H,4,10,26H2,1H3;3-5H,1H2,2H3;3-4H,1-2H3/b;5-4-;4-3-. The van der Waals surface area contributed by atoms with E-state index in [1.807, 2.05) is 57.2 Å². The molecule has 3 aromatic heterocycles. The Balaban J connectivity index is 0.000000475. The average Bonchev–Trinajstić information content (AvgIpc) is 3.87. The Kier molecular flexibility index (Phi) is 11.0. The SMILES string of the molecule is C/C=C\C.C=C/C=C\C.CC1(c2nc(-c3ccccc3)cc(-c3ccccc3)n2)C=CC(n2c3cccc4ccc5c(c43)c2cc2ccn(C3=CCCC=C3)c25)=CC1. The number of fused-ring (bicyclic) bond motifs is 2. The molecule has 0 saturated carbocycles. The molecular formula is C54H50N4. The van der Waals surface area contributed by atoms with Gasteiger partial charge in [-0.3, -0.25) is 0 Å². The molecule has 0 fully saturated rings. The van der Waals surface area contributed by atoms with Crippen LogP contribution in [0, 0.1) is 0 Å². The van der Waals surface area contributed by atoms with Gasteiger partial charge in [0, 0.05) is 55.7 Å². The van der Waals surface area contributed by atoms with Crippen molar-refractivity contribution < 1.29 is 0 Å². The Morgan fingerprint density at radius 1 is 0.655 bits per heavy atom. The zero-order valence-electron chi connectivity index (χ0n) is 33.9. The second kappa shape index (κ2) is 16.8. The van der Waals surface area contributed by atoms with E-state index in [1.165, 1.54) is 54.9 Å². The Morgan fingerprint density at radius 3 is 1.97 bits per heavy atom. The molecule has 0 aliphatic heterocycles. The summed E-state index contributed by atoms with van der Waals surface area (Å²) < 4.78 is 4.84. The molecule has 0 N–H and O–H groups in total. The van der Waals surface area contributed by atoms with Crippen molar-refractivity contribution in [3.05, 3.63) is 195 Å². The lowest BCUT2D eigenvalue weighted by Gasteiger charge is -2.28. The highest BCUT2D eigenvalue weighted by Crippen LogP contribution is 2.44. The molecule has 58 heavy (non-hydrogen) atoms. The quantitative estimate of drug-likeness (QED) is 0.0963. The number of hydrogen-bond donors (Lipinski definition) is 0. The summed E-state index contributed by atoms with van der Waals surface area (Å²) >= 11 is 0. The monoisotopic (exact) mass is 754 g/mol. The molecule has 0 saturated heterocycles. The van der Waals surface area contributed by atoms with Crippen LogP contribution in [0.4, 0.5) is 0 Å². The first-order chi connectivity index (χ1) is 28.5. The van der Waals surface area contributed by atoms with Gasteiger partial charge in [0.2, 0.25) is 0 Å². The topological polar surface area (TPSA) is 35.6 Å². The fourth-order valence-corrected chi connectivity index (χ4v) is 8.06. The Bertz CT molecular complexity index is 2850. The molecule has 0 radical (unpaired) electrons. The minimum atomic E-state index is -0.367. The summed E-state index contributed by atoms with van der Waals surface area (Å²) in [4.78, 5) is 10.4. The molecule has 2 aliphatic rings. The van der Waals surface area contributed by atoms with E-state index in [1.54, 1.807) is 6.08 Å². The Hall–Kier alpha value is -6.78. The summed E-state index contributed by atoms with van der Waals surface area (Å²) in [6.07, 6.45) is 28.7. The van der Waals surface area contributed by atoms with Crippen molar-refractivity contribution in [2.24, 2.45) is 0 Å². The molecule has 0 spiro atoms. The van der Waals surface area contributed by atoms with E-state index < -0.39 is 0 Å². The van der Waals surface area contributed by atoms with Crippen molar-refractivity contribution in [2.45, 2.75) is 52.4 Å². The van der Waals surface area contributed by atoms with Crippen molar-refractivity contribution in [2.75, 3.05) is 0 Å². The third kappa shape index (κ3) is 7.18. The van der Waals surface area contributed by atoms with E-state index in [9.17, 15) is 0 Å². The molecule has 10 rings (SSSR count). The second-order valence-corrected chi connectivity index (χ2v) is 15.0. The van der Waals surface area contributed by atoms with E-state index in [0.29, 0.717) is 0 Å². The van der Waals surface area contributed by atoms with Gasteiger partial charge < -0.3 is 9.13 Å². The predicted molar refractivity (Wildman–Crippen MR) is 250 cm³/mol. The largest absolute Gasteiger partial charge is 0.316 e. The summed E-state index contributed by atoms with van der Waals surface area (Å²) in [6.45, 7) is 11.7. The maximum absolute atomic E-state index is 5.20. The van der Waals surface area contributed by atoms with Crippen LogP contribution in [0.1, 0.15) is 52.8 Å². The van der Waals surface area contributed by atoms with Gasteiger partial charge >= 0.3 is 0 Å². The average molecular weight is 755 g/mol. The zero-order valence-corrected chi connectivity index (χ0v) is 33.9. The Morgan fingerprint density at radius 2 is 1.38 bits per heavy atom. The van der Waals surface area contributed by atoms with Crippen LogP contribution in [0.25, 0.3) is 77.4 Å². The van der Waals surface area contributed by atoms with Gasteiger partial charge in [-0.2, -0.15) is 0 Å². The molecule has 4 nitrogen and oxygen atoms in total. The lowest BCUT2D eigenvalue weighted by atomic mass is 9.81. The summed E-state index contributed by atoms with van der Waals surface area (Å²) in [7, 11) is 0. The number of benzene rings is 5. The summed E-state index contributed by atoms with van der Waals surface area (Å²) in [5.74, 6) is 0.835. The first kappa shape index (κ1) is 38.1. The molecule has 8 aromatic rings. The fourth-order valence-electron chi connectivity index (χ4n) is 8.06. The van der Waals surface area contributed by atoms with Gasteiger partial charge in [0.25, 0.3) is 0 Å². The molecular weight excluding hydrogens is 705 g/mol. The lowest BCUT2D eigenvalue weighted by molar-refractivity contribution is 0.557. The molecule has 5 aromatic carbocycles. The highest BCUT2D eigenvalue weighted by atomic mass is 15.0. The zero-order chi connectivity index (χ0) is 40.1. The number of nitrogens with zero attached hydrogens (tertiary/aromatic N) is 4. The molecule has 4 heteroatoms. The van der Waals surface area contributed by atoms with Crippen LogP contribution in [0.2, 0.25) is 0 Å². The van der Waals surface area contributed by atoms with Gasteiger partial charge in [-0.05, 0) is 88.8 Å². The summed E-state index contributed by atoms with van der Waals surface area (Å²) in [6, 6.07) is 38.9. The third-order valence-corrected chi connectivity index (χ3v) is 11.1. The van der Waals surface area contributed by atoms with Gasteiger partial charge in [-0.25, -0.2) is 9.97 Å². The maximum Gasteiger partial charge on any atom is 0.139 e. The maximum atomic E-state index is 5.20. The van der Waals surface area contributed by atoms with Crippen molar-refractivity contribution in [1.29, 1.82) is 0 Å². The normalized spacial score (nSPS) is 16.5. The molecule has 286 valence electrons. The summed E-state index contributed by atoms with van der Waals surface area (Å²) in [5, 5.41) is 6.48. The molecule has 1 atom stereocenters. The van der Waals surface area contributed by atoms with E-state index >= 15 is 0 Å². The fraction of sp³-hybridized carbons (Fsp3) is 0.148. The van der Waals surface area contributed by atoms with E-state index in [-0.39, 0.29) is 5.41 Å². The summed E-state index contributed by atoms with van der Waals surface area (Å²) in [5.41, 5.74) is 9.90. The van der Waals surface area contributed by atoms with E-state index in [4.69, 9.17) is 9.97 Å². The molecule has 3 heterocycles. The van der Waals surface area contributed by atoms with E-state index in [0.717, 1.165) is 47.6 Å². The number of aromatic nitrogens is 4. The lowest BCUT2D eigenvalue weighted by Crippen LogP contribution is -2.24. The van der Waals surface area contributed by atoms with Gasteiger partial charge in [0.05, 0.1) is 27.9 Å². The van der Waals surface area contributed by atoms with Crippen LogP contribution in [0.5, 0.6) is 0 Å². The number of hydrogen-bond acceptors (Lipinski definition) is 2. The molecule has 0 bridgehead atoms. The van der Waals surface area contributed by atoms with Gasteiger partial charge in [0.1, 0.15) is 5.82 Å². The van der Waals surface area contributed by atoms with Gasteiger partial charge in [0.15, 0.2) is 0 Å². The third-order valence-electron chi connectivity index (χ3n) is 11.1. The van der Waals surface area contributed by atoms with Crippen LogP contribution >= 0.6 is 0 Å². The molecule has 1 unspecified atom stereocenters. The van der Waals surface area contributed by atoms with Crippen LogP contribution in [-0.2, 0) is 5.41 Å². The number of rotatable bonds is 6. The smallest absolute Gasteiger partial charge is 0.139 e. The van der Waals surface area contributed by atoms with E-state index in [2.05, 4.69) is 162 Å². The van der Waals surface area contributed by atoms with Crippen molar-refractivity contribution >= 4 is 54.9 Å². The molecule has 2 aliphatic carbocycles. The first-order valence-electron chi connectivity index (χ1n) is 20.4. The predicted octanol–water partition coefficient (Wildman–Crippen LogP) is 14.7. The molecule has 0 amide bonds. The Labute approximate surface area is 342 Å². The van der Waals surface area contributed by atoms with Gasteiger partial charge in [-0.15, -0.1) is 0 Å². The highest BCUT2D eigenvalue weighted by Gasteiger charge is 2.31. The van der Waals surface area contributed by atoms with Crippen molar-refractivity contribution in [3.63, 3.8) is 0 Å². The minimum Gasteiger partial charge on any atom is -0.316 e. The van der Waals surface area contributed by atoms with Crippen LogP contribution in [0.15, 0.2) is 189 Å². The van der Waals surface area contributed by atoms with Crippen LogP contribution in [-0.4, -0.2) is 19.1 Å². The van der Waals surface area contributed by atoms with Crippen molar-refractivity contribution in [3.8, 4) is 22.5 Å². The van der Waals surface area contributed by atoms with Gasteiger partial charge in [-0.1, -0.05) is 146 Å². The first-order valence-corrected chi connectivity index (χ1v) is 20.4. The minimum absolute atomic E-state index is 0.367. The van der Waals surface area contributed by atoms with Crippen molar-refractivity contribution in [1.82, 2.24) is 19.1 Å². The second-order valence-electron chi connectivity index (χ2n) is 15.0.